The molecule has 0 saturated carbocycles. The number of amides is 1. The number of imidazole rings is 1. The summed E-state index contributed by atoms with van der Waals surface area (Å²) in [6.07, 6.45) is 7.64. The Balaban J connectivity index is 1.34. The Bertz CT molecular complexity index is 1070. The first kappa shape index (κ1) is 15.7. The third-order valence-corrected chi connectivity index (χ3v) is 4.69. The molecule has 0 bridgehead atoms. The number of nitrogens with zero attached hydrogens (tertiary/aromatic N) is 6. The molecule has 0 spiro atoms. The zero-order valence-electron chi connectivity index (χ0n) is 14.4. The fourth-order valence-electron chi connectivity index (χ4n) is 3.35. The number of hydrogen-bond acceptors (Lipinski definition) is 6. The molecule has 5 heterocycles. The summed E-state index contributed by atoms with van der Waals surface area (Å²) in [6, 6.07) is 9.60. The van der Waals surface area contributed by atoms with Gasteiger partial charge in [0.1, 0.15) is 11.3 Å². The van der Waals surface area contributed by atoms with E-state index < -0.39 is 0 Å². The molecule has 1 fully saturated rings. The normalized spacial score (nSPS) is 17.1. The Kier molecular flexibility index (Phi) is 3.67. The molecule has 27 heavy (non-hydrogen) atoms. The van der Waals surface area contributed by atoms with Crippen molar-refractivity contribution in [3.05, 3.63) is 66.6 Å². The minimum atomic E-state index is -0.104. The molecule has 1 unspecified atom stereocenters. The van der Waals surface area contributed by atoms with E-state index in [-0.39, 0.29) is 11.8 Å². The molecule has 4 aromatic heterocycles. The van der Waals surface area contributed by atoms with Gasteiger partial charge in [-0.15, -0.1) is 0 Å². The minimum Gasteiger partial charge on any atom is -0.339 e. The van der Waals surface area contributed by atoms with Gasteiger partial charge in [0.15, 0.2) is 0 Å². The van der Waals surface area contributed by atoms with E-state index in [9.17, 15) is 4.79 Å². The van der Waals surface area contributed by atoms with E-state index in [1.54, 1.807) is 17.3 Å². The lowest BCUT2D eigenvalue weighted by atomic mass is 10.1. The molecule has 1 atom stereocenters. The van der Waals surface area contributed by atoms with E-state index in [0.717, 1.165) is 11.2 Å². The van der Waals surface area contributed by atoms with Gasteiger partial charge in [-0.25, -0.2) is 4.98 Å². The highest BCUT2D eigenvalue weighted by atomic mass is 16.5. The number of likely N-dealkylation sites (tertiary alicyclic amines) is 1. The smallest absolute Gasteiger partial charge is 0.232 e. The highest BCUT2D eigenvalue weighted by Crippen LogP contribution is 2.29. The van der Waals surface area contributed by atoms with Crippen LogP contribution in [-0.4, -0.2) is 41.9 Å². The Morgan fingerprint density at radius 1 is 1.19 bits per heavy atom. The molecule has 4 aromatic rings. The van der Waals surface area contributed by atoms with Crippen molar-refractivity contribution in [1.29, 1.82) is 0 Å². The predicted molar refractivity (Wildman–Crippen MR) is 95.5 cm³/mol. The van der Waals surface area contributed by atoms with E-state index in [2.05, 4.69) is 20.1 Å². The summed E-state index contributed by atoms with van der Waals surface area (Å²) in [6.45, 7) is 1.09. The van der Waals surface area contributed by atoms with Crippen LogP contribution in [-0.2, 0) is 11.3 Å². The van der Waals surface area contributed by atoms with Crippen molar-refractivity contribution in [2.75, 3.05) is 6.54 Å². The van der Waals surface area contributed by atoms with Crippen LogP contribution in [0, 0.1) is 0 Å². The summed E-state index contributed by atoms with van der Waals surface area (Å²) in [7, 11) is 0. The average molecular weight is 360 g/mol. The maximum absolute atomic E-state index is 12.4. The SMILES string of the molecule is O=C1CC(c2nc(-c3cn4ccccc4n3)no2)CN1Cc1cccnc1. The standard InChI is InChI=1S/C19H16N6O2/c26-17-8-14(11-25(17)10-13-4-3-6-20-9-13)19-22-18(23-27-19)15-12-24-7-2-1-5-16(24)21-15/h1-7,9,12,14H,8,10-11H2. The summed E-state index contributed by atoms with van der Waals surface area (Å²) in [5.74, 6) is 0.889. The largest absolute Gasteiger partial charge is 0.339 e. The minimum absolute atomic E-state index is 0.0799. The Labute approximate surface area is 154 Å². The lowest BCUT2D eigenvalue weighted by Gasteiger charge is -2.15. The van der Waals surface area contributed by atoms with E-state index in [4.69, 9.17) is 4.52 Å². The number of carbonyl (C=O) groups is 1. The Morgan fingerprint density at radius 2 is 2.15 bits per heavy atom. The Morgan fingerprint density at radius 3 is 3.00 bits per heavy atom. The molecule has 0 aliphatic carbocycles. The monoisotopic (exact) mass is 360 g/mol. The molecule has 1 aliphatic rings. The third kappa shape index (κ3) is 2.95. The summed E-state index contributed by atoms with van der Waals surface area (Å²) in [5.41, 5.74) is 2.47. The van der Waals surface area contributed by atoms with Gasteiger partial charge < -0.3 is 13.8 Å². The topological polar surface area (TPSA) is 89.4 Å². The number of fused-ring (bicyclic) bond motifs is 1. The Hall–Kier alpha value is -3.55. The van der Waals surface area contributed by atoms with Crippen molar-refractivity contribution in [2.24, 2.45) is 0 Å². The summed E-state index contributed by atoms with van der Waals surface area (Å²) in [4.78, 5) is 27.2. The van der Waals surface area contributed by atoms with Crippen LogP contribution >= 0.6 is 0 Å². The number of carbonyl (C=O) groups excluding carboxylic acids is 1. The number of rotatable bonds is 4. The fourth-order valence-corrected chi connectivity index (χ4v) is 3.35. The van der Waals surface area contributed by atoms with Crippen LogP contribution in [0.1, 0.15) is 23.8 Å². The number of pyridine rings is 2. The van der Waals surface area contributed by atoms with Crippen molar-refractivity contribution >= 4 is 11.6 Å². The van der Waals surface area contributed by atoms with Gasteiger partial charge in [-0.3, -0.25) is 9.78 Å². The molecule has 134 valence electrons. The predicted octanol–water partition coefficient (Wildman–Crippen LogP) is 2.30. The van der Waals surface area contributed by atoms with Crippen LogP contribution in [0.3, 0.4) is 0 Å². The van der Waals surface area contributed by atoms with Crippen LogP contribution in [0.5, 0.6) is 0 Å². The highest BCUT2D eigenvalue weighted by Gasteiger charge is 2.34. The first-order valence-electron chi connectivity index (χ1n) is 8.70. The van der Waals surface area contributed by atoms with Gasteiger partial charge in [0, 0.05) is 44.3 Å². The van der Waals surface area contributed by atoms with Gasteiger partial charge >= 0.3 is 0 Å². The molecular weight excluding hydrogens is 344 g/mol. The van der Waals surface area contributed by atoms with Gasteiger partial charge in [-0.1, -0.05) is 17.3 Å². The van der Waals surface area contributed by atoms with Crippen molar-refractivity contribution in [3.8, 4) is 11.5 Å². The molecule has 5 rings (SSSR count). The molecule has 0 radical (unpaired) electrons. The third-order valence-electron chi connectivity index (χ3n) is 4.69. The number of aromatic nitrogens is 5. The lowest BCUT2D eigenvalue weighted by molar-refractivity contribution is -0.128. The van der Waals surface area contributed by atoms with Crippen molar-refractivity contribution in [1.82, 2.24) is 29.4 Å². The van der Waals surface area contributed by atoms with Crippen LogP contribution in [0.15, 0.2) is 59.6 Å². The molecular formula is C19H16N6O2. The van der Waals surface area contributed by atoms with Crippen LogP contribution in [0.25, 0.3) is 17.2 Å². The van der Waals surface area contributed by atoms with E-state index in [1.165, 1.54) is 0 Å². The van der Waals surface area contributed by atoms with Crippen LogP contribution in [0.2, 0.25) is 0 Å². The number of hydrogen-bond donors (Lipinski definition) is 0. The quantitative estimate of drug-likeness (QED) is 0.555. The molecule has 0 aromatic carbocycles. The summed E-state index contributed by atoms with van der Waals surface area (Å²) in [5, 5.41) is 4.06. The molecule has 8 heteroatoms. The second-order valence-electron chi connectivity index (χ2n) is 6.59. The summed E-state index contributed by atoms with van der Waals surface area (Å²) < 4.78 is 7.35. The van der Waals surface area contributed by atoms with Crippen LogP contribution in [0.4, 0.5) is 0 Å². The zero-order chi connectivity index (χ0) is 18.2. The molecule has 8 nitrogen and oxygen atoms in total. The van der Waals surface area contributed by atoms with E-state index in [0.29, 0.717) is 36.9 Å². The first-order valence-corrected chi connectivity index (χ1v) is 8.70. The maximum atomic E-state index is 12.4. The van der Waals surface area contributed by atoms with E-state index >= 15 is 0 Å². The van der Waals surface area contributed by atoms with Crippen molar-refractivity contribution < 1.29 is 9.32 Å². The van der Waals surface area contributed by atoms with Crippen molar-refractivity contribution in [2.45, 2.75) is 18.9 Å². The van der Waals surface area contributed by atoms with Gasteiger partial charge in [0.05, 0.1) is 5.92 Å². The fraction of sp³-hybridized carbons (Fsp3) is 0.211. The lowest BCUT2D eigenvalue weighted by Crippen LogP contribution is -2.24. The molecule has 1 amide bonds. The maximum Gasteiger partial charge on any atom is 0.232 e. The molecule has 0 N–H and O–H groups in total. The van der Waals surface area contributed by atoms with Gasteiger partial charge in [-0.2, -0.15) is 4.98 Å². The zero-order valence-corrected chi connectivity index (χ0v) is 14.4. The highest BCUT2D eigenvalue weighted by molar-refractivity contribution is 5.79. The molecule has 1 aliphatic heterocycles. The first-order chi connectivity index (χ1) is 13.3. The second-order valence-corrected chi connectivity index (χ2v) is 6.59. The molecule has 1 saturated heterocycles. The average Bonchev–Trinajstić information content (AvgIpc) is 3.41. The van der Waals surface area contributed by atoms with Crippen molar-refractivity contribution in [3.63, 3.8) is 0 Å². The van der Waals surface area contributed by atoms with Gasteiger partial charge in [0.2, 0.25) is 17.6 Å². The van der Waals surface area contributed by atoms with Crippen LogP contribution < -0.4 is 0 Å². The summed E-state index contributed by atoms with van der Waals surface area (Å²) >= 11 is 0. The van der Waals surface area contributed by atoms with Gasteiger partial charge in [-0.05, 0) is 23.8 Å². The van der Waals surface area contributed by atoms with Gasteiger partial charge in [0.25, 0.3) is 0 Å². The second kappa shape index (κ2) is 6.31. The van der Waals surface area contributed by atoms with E-state index in [1.807, 2.05) is 47.1 Å².